The molecule has 1 atom stereocenters. The Balaban J connectivity index is 2.36. The van der Waals surface area contributed by atoms with Crippen molar-refractivity contribution in [1.29, 1.82) is 0 Å². The summed E-state index contributed by atoms with van der Waals surface area (Å²) in [5, 5.41) is 10.7. The smallest absolute Gasteiger partial charge is 0.127 e. The van der Waals surface area contributed by atoms with E-state index >= 15 is 0 Å². The highest BCUT2D eigenvalue weighted by Gasteiger charge is 2.16. The van der Waals surface area contributed by atoms with E-state index in [-0.39, 0.29) is 10.8 Å². The number of hydrogen-bond donors (Lipinski definition) is 1. The van der Waals surface area contributed by atoms with Crippen LogP contribution in [0, 0.1) is 12.7 Å². The van der Waals surface area contributed by atoms with Crippen LogP contribution >= 0.6 is 11.6 Å². The predicted octanol–water partition coefficient (Wildman–Crippen LogP) is 4.99. The van der Waals surface area contributed by atoms with Crippen LogP contribution in [0.3, 0.4) is 0 Å². The van der Waals surface area contributed by atoms with Crippen LogP contribution in [0.15, 0.2) is 36.4 Å². The fourth-order valence-electron chi connectivity index (χ4n) is 2.13. The van der Waals surface area contributed by atoms with Gasteiger partial charge in [0.2, 0.25) is 0 Å². The quantitative estimate of drug-likeness (QED) is 0.845. The van der Waals surface area contributed by atoms with Crippen LogP contribution in [0.4, 0.5) is 4.39 Å². The molecule has 2 aromatic carbocycles. The zero-order chi connectivity index (χ0) is 14.9. The van der Waals surface area contributed by atoms with Crippen LogP contribution in [0.2, 0.25) is 5.02 Å². The Bertz CT molecular complexity index is 605. The summed E-state index contributed by atoms with van der Waals surface area (Å²) in [6.07, 6.45) is -0.844. The van der Waals surface area contributed by atoms with Crippen LogP contribution < -0.4 is 0 Å². The number of aliphatic hydroxyl groups excluding tert-OH is 1. The molecule has 1 nitrogen and oxygen atoms in total. The van der Waals surface area contributed by atoms with E-state index in [1.54, 1.807) is 13.0 Å². The minimum Gasteiger partial charge on any atom is -0.384 e. The van der Waals surface area contributed by atoms with Crippen LogP contribution in [-0.2, 0) is 0 Å². The highest BCUT2D eigenvalue weighted by atomic mass is 35.5. The van der Waals surface area contributed by atoms with Gasteiger partial charge in [-0.3, -0.25) is 0 Å². The number of aliphatic hydroxyl groups is 1. The van der Waals surface area contributed by atoms with Crippen molar-refractivity contribution < 1.29 is 9.50 Å². The minimum atomic E-state index is -0.844. The highest BCUT2D eigenvalue weighted by molar-refractivity contribution is 6.31. The van der Waals surface area contributed by atoms with Gasteiger partial charge in [0.15, 0.2) is 0 Å². The molecule has 1 unspecified atom stereocenters. The van der Waals surface area contributed by atoms with Crippen molar-refractivity contribution in [3.05, 3.63) is 69.5 Å². The molecule has 2 aromatic rings. The molecule has 0 aliphatic heterocycles. The van der Waals surface area contributed by atoms with Crippen LogP contribution in [-0.4, -0.2) is 5.11 Å². The average molecular weight is 293 g/mol. The van der Waals surface area contributed by atoms with E-state index < -0.39 is 6.10 Å². The third-order valence-corrected chi connectivity index (χ3v) is 3.82. The maximum atomic E-state index is 13.4. The molecule has 3 heteroatoms. The molecule has 20 heavy (non-hydrogen) atoms. The van der Waals surface area contributed by atoms with E-state index in [2.05, 4.69) is 13.8 Å². The summed E-state index contributed by atoms with van der Waals surface area (Å²) in [6.45, 7) is 5.89. The van der Waals surface area contributed by atoms with Crippen molar-refractivity contribution in [2.24, 2.45) is 0 Å². The van der Waals surface area contributed by atoms with Crippen molar-refractivity contribution in [2.45, 2.75) is 32.8 Å². The van der Waals surface area contributed by atoms with Crippen LogP contribution in [0.5, 0.6) is 0 Å². The molecule has 0 bridgehead atoms. The molecule has 0 aromatic heterocycles. The van der Waals surface area contributed by atoms with Gasteiger partial charge in [-0.2, -0.15) is 0 Å². The molecule has 0 radical (unpaired) electrons. The molecule has 0 aliphatic carbocycles. The lowest BCUT2D eigenvalue weighted by molar-refractivity contribution is 0.220. The van der Waals surface area contributed by atoms with E-state index in [0.717, 1.165) is 5.56 Å². The summed E-state index contributed by atoms with van der Waals surface area (Å²) in [7, 11) is 0. The third kappa shape index (κ3) is 3.02. The zero-order valence-corrected chi connectivity index (χ0v) is 12.6. The first-order valence-corrected chi connectivity index (χ1v) is 7.01. The van der Waals surface area contributed by atoms with Crippen molar-refractivity contribution in [3.8, 4) is 0 Å². The molecule has 0 fully saturated rings. The number of halogens is 2. The van der Waals surface area contributed by atoms with Crippen molar-refractivity contribution in [2.75, 3.05) is 0 Å². The second kappa shape index (κ2) is 5.94. The number of aryl methyl sites for hydroxylation is 1. The molecule has 0 aliphatic rings. The summed E-state index contributed by atoms with van der Waals surface area (Å²) >= 11 is 6.03. The van der Waals surface area contributed by atoms with Gasteiger partial charge >= 0.3 is 0 Å². The Morgan fingerprint density at radius 2 is 1.60 bits per heavy atom. The Hall–Kier alpha value is -1.38. The molecule has 0 heterocycles. The van der Waals surface area contributed by atoms with Gasteiger partial charge in [-0.05, 0) is 41.7 Å². The van der Waals surface area contributed by atoms with Gasteiger partial charge in [-0.15, -0.1) is 0 Å². The number of rotatable bonds is 3. The fourth-order valence-corrected chi connectivity index (χ4v) is 2.39. The largest absolute Gasteiger partial charge is 0.384 e. The Kier molecular flexibility index (Phi) is 4.46. The molecule has 0 saturated carbocycles. The molecule has 1 N–H and O–H groups in total. The zero-order valence-electron chi connectivity index (χ0n) is 11.8. The first kappa shape index (κ1) is 15.0. The first-order valence-electron chi connectivity index (χ1n) is 6.63. The number of hydrogen-bond acceptors (Lipinski definition) is 1. The Morgan fingerprint density at radius 3 is 2.15 bits per heavy atom. The lowest BCUT2D eigenvalue weighted by Gasteiger charge is -2.15. The highest BCUT2D eigenvalue weighted by Crippen LogP contribution is 2.31. The van der Waals surface area contributed by atoms with Gasteiger partial charge in [0.05, 0.1) is 0 Å². The second-order valence-electron chi connectivity index (χ2n) is 5.35. The molecule has 0 amide bonds. The van der Waals surface area contributed by atoms with E-state index in [0.29, 0.717) is 17.0 Å². The second-order valence-corrected chi connectivity index (χ2v) is 5.75. The summed E-state index contributed by atoms with van der Waals surface area (Å²) in [4.78, 5) is 0. The van der Waals surface area contributed by atoms with Gasteiger partial charge in [-0.1, -0.05) is 49.7 Å². The Labute approximate surface area is 124 Å². The van der Waals surface area contributed by atoms with E-state index in [1.165, 1.54) is 11.6 Å². The molecule has 2 rings (SSSR count). The van der Waals surface area contributed by atoms with Gasteiger partial charge in [0.25, 0.3) is 0 Å². The fraction of sp³-hybridized carbons (Fsp3) is 0.294. The third-order valence-electron chi connectivity index (χ3n) is 3.49. The van der Waals surface area contributed by atoms with Gasteiger partial charge in [0, 0.05) is 10.6 Å². The van der Waals surface area contributed by atoms with Gasteiger partial charge in [0.1, 0.15) is 11.9 Å². The SMILES string of the molecule is Cc1cc(C(O)c2ccc(C(C)C)cc2)c(Cl)cc1F. The number of benzene rings is 2. The Morgan fingerprint density at radius 1 is 1.05 bits per heavy atom. The van der Waals surface area contributed by atoms with E-state index in [9.17, 15) is 9.50 Å². The first-order chi connectivity index (χ1) is 9.40. The lowest BCUT2D eigenvalue weighted by atomic mass is 9.96. The maximum Gasteiger partial charge on any atom is 0.127 e. The average Bonchev–Trinajstić information content (AvgIpc) is 2.42. The van der Waals surface area contributed by atoms with Crippen molar-refractivity contribution in [3.63, 3.8) is 0 Å². The van der Waals surface area contributed by atoms with Crippen molar-refractivity contribution in [1.82, 2.24) is 0 Å². The predicted molar refractivity (Wildman–Crippen MR) is 80.7 cm³/mol. The topological polar surface area (TPSA) is 20.2 Å². The maximum absolute atomic E-state index is 13.4. The van der Waals surface area contributed by atoms with Gasteiger partial charge < -0.3 is 5.11 Å². The molecule has 0 spiro atoms. The monoisotopic (exact) mass is 292 g/mol. The standard InChI is InChI=1S/C17H18ClFO/c1-10(2)12-4-6-13(7-5-12)17(20)14-8-11(3)16(19)9-15(14)18/h4-10,17,20H,1-3H3. The summed E-state index contributed by atoms with van der Waals surface area (Å²) in [5.74, 6) is 0.0824. The normalized spacial score (nSPS) is 12.8. The van der Waals surface area contributed by atoms with Crippen molar-refractivity contribution >= 4 is 11.6 Å². The van der Waals surface area contributed by atoms with E-state index in [4.69, 9.17) is 11.6 Å². The lowest BCUT2D eigenvalue weighted by Crippen LogP contribution is -2.02. The molecular formula is C17H18ClFO. The minimum absolute atomic E-state index is 0.244. The molecule has 0 saturated heterocycles. The summed E-state index contributed by atoms with van der Waals surface area (Å²) in [5.41, 5.74) is 2.97. The summed E-state index contributed by atoms with van der Waals surface area (Å²) < 4.78 is 13.4. The molecule has 106 valence electrons. The van der Waals surface area contributed by atoms with E-state index in [1.807, 2.05) is 24.3 Å². The van der Waals surface area contributed by atoms with Crippen LogP contribution in [0.25, 0.3) is 0 Å². The summed E-state index contributed by atoms with van der Waals surface area (Å²) in [6, 6.07) is 10.6. The van der Waals surface area contributed by atoms with Gasteiger partial charge in [-0.25, -0.2) is 4.39 Å². The van der Waals surface area contributed by atoms with Crippen LogP contribution in [0.1, 0.15) is 48.1 Å². The molecular weight excluding hydrogens is 275 g/mol.